The molecule has 0 aliphatic rings. The lowest BCUT2D eigenvalue weighted by Crippen LogP contribution is -2.28. The van der Waals surface area contributed by atoms with E-state index in [2.05, 4.69) is 15.3 Å². The number of imidazole rings is 1. The molecule has 1 heterocycles. The van der Waals surface area contributed by atoms with Crippen LogP contribution < -0.4 is 5.32 Å². The van der Waals surface area contributed by atoms with Gasteiger partial charge in [-0.3, -0.25) is 4.79 Å². The highest BCUT2D eigenvalue weighted by Gasteiger charge is 2.15. The molecule has 0 saturated heterocycles. The summed E-state index contributed by atoms with van der Waals surface area (Å²) in [6.07, 6.45) is 4.11. The molecule has 0 spiro atoms. The molecule has 5 heteroatoms. The van der Waals surface area contributed by atoms with Crippen molar-refractivity contribution in [2.75, 3.05) is 0 Å². The summed E-state index contributed by atoms with van der Waals surface area (Å²) in [6, 6.07) is 6.10. The van der Waals surface area contributed by atoms with Crippen molar-refractivity contribution in [3.63, 3.8) is 0 Å². The van der Waals surface area contributed by atoms with Crippen LogP contribution >= 0.6 is 0 Å². The number of aromatic hydroxyl groups is 1. The van der Waals surface area contributed by atoms with Crippen LogP contribution in [0.15, 0.2) is 36.7 Å². The zero-order valence-electron chi connectivity index (χ0n) is 10.1. The first-order valence-electron chi connectivity index (χ1n) is 5.80. The zero-order valence-corrected chi connectivity index (χ0v) is 10.1. The van der Waals surface area contributed by atoms with E-state index in [9.17, 15) is 9.90 Å². The van der Waals surface area contributed by atoms with Gasteiger partial charge in [0.2, 0.25) is 0 Å². The maximum Gasteiger partial charge on any atom is 0.252 e. The number of phenols is 1. The first-order valence-corrected chi connectivity index (χ1v) is 5.80. The topological polar surface area (TPSA) is 78.0 Å². The predicted octanol–water partition coefficient (Wildman–Crippen LogP) is 2.00. The van der Waals surface area contributed by atoms with Crippen LogP contribution in [0.4, 0.5) is 0 Å². The van der Waals surface area contributed by atoms with Crippen molar-refractivity contribution in [2.24, 2.45) is 0 Å². The molecule has 0 radical (unpaired) electrons. The van der Waals surface area contributed by atoms with Gasteiger partial charge in [-0.25, -0.2) is 4.98 Å². The van der Waals surface area contributed by atoms with Gasteiger partial charge in [-0.1, -0.05) is 13.0 Å². The molecule has 2 aromatic rings. The van der Waals surface area contributed by atoms with Gasteiger partial charge in [0.25, 0.3) is 5.91 Å². The first-order chi connectivity index (χ1) is 8.70. The van der Waals surface area contributed by atoms with Gasteiger partial charge in [-0.2, -0.15) is 0 Å². The second-order valence-electron chi connectivity index (χ2n) is 3.96. The Morgan fingerprint density at radius 3 is 3.00 bits per heavy atom. The number of hydrogen-bond acceptors (Lipinski definition) is 3. The SMILES string of the molecule is CCC(NC(=O)c1cccc(O)c1)c1ncc[nH]1. The summed E-state index contributed by atoms with van der Waals surface area (Å²) in [7, 11) is 0. The van der Waals surface area contributed by atoms with Gasteiger partial charge in [0.1, 0.15) is 11.6 Å². The molecule has 94 valence electrons. The summed E-state index contributed by atoms with van der Waals surface area (Å²) in [5.41, 5.74) is 0.431. The van der Waals surface area contributed by atoms with Crippen LogP contribution in [-0.4, -0.2) is 21.0 Å². The standard InChI is InChI=1S/C13H15N3O2/c1-2-11(12-14-6-7-15-12)16-13(18)9-4-3-5-10(17)8-9/h3-8,11,17H,2H2,1H3,(H,14,15)(H,16,18). The number of nitrogens with zero attached hydrogens (tertiary/aromatic N) is 1. The largest absolute Gasteiger partial charge is 0.508 e. The molecule has 0 saturated carbocycles. The Balaban J connectivity index is 2.11. The molecule has 0 aliphatic carbocycles. The van der Waals surface area contributed by atoms with Crippen molar-refractivity contribution in [2.45, 2.75) is 19.4 Å². The molecule has 5 nitrogen and oxygen atoms in total. The van der Waals surface area contributed by atoms with Gasteiger partial charge < -0.3 is 15.4 Å². The molecule has 0 bridgehead atoms. The second kappa shape index (κ2) is 5.35. The van der Waals surface area contributed by atoms with E-state index in [0.717, 1.165) is 12.2 Å². The summed E-state index contributed by atoms with van der Waals surface area (Å²) >= 11 is 0. The number of hydrogen-bond donors (Lipinski definition) is 3. The quantitative estimate of drug-likeness (QED) is 0.770. The van der Waals surface area contributed by atoms with Crippen LogP contribution in [-0.2, 0) is 0 Å². The van der Waals surface area contributed by atoms with E-state index in [0.29, 0.717) is 5.56 Å². The van der Waals surface area contributed by atoms with E-state index in [1.54, 1.807) is 24.5 Å². The third-order valence-electron chi connectivity index (χ3n) is 2.67. The summed E-state index contributed by atoms with van der Waals surface area (Å²) in [4.78, 5) is 19.1. The fourth-order valence-electron chi connectivity index (χ4n) is 1.72. The average molecular weight is 245 g/mol. The molecule has 2 rings (SSSR count). The summed E-state index contributed by atoms with van der Waals surface area (Å²) < 4.78 is 0. The number of amides is 1. The van der Waals surface area contributed by atoms with Crippen molar-refractivity contribution in [1.29, 1.82) is 0 Å². The number of carbonyl (C=O) groups is 1. The van der Waals surface area contributed by atoms with Crippen molar-refractivity contribution < 1.29 is 9.90 Å². The van der Waals surface area contributed by atoms with Gasteiger partial charge >= 0.3 is 0 Å². The first kappa shape index (κ1) is 12.2. The van der Waals surface area contributed by atoms with Crippen LogP contribution in [0.2, 0.25) is 0 Å². The van der Waals surface area contributed by atoms with Crippen molar-refractivity contribution >= 4 is 5.91 Å². The van der Waals surface area contributed by atoms with Crippen LogP contribution in [0.3, 0.4) is 0 Å². The maximum absolute atomic E-state index is 12.0. The van der Waals surface area contributed by atoms with E-state index in [1.165, 1.54) is 12.1 Å². The maximum atomic E-state index is 12.0. The lowest BCUT2D eigenvalue weighted by molar-refractivity contribution is 0.0933. The number of benzene rings is 1. The number of carbonyl (C=O) groups excluding carboxylic acids is 1. The molecule has 3 N–H and O–H groups in total. The molecule has 1 aromatic carbocycles. The Bertz CT molecular complexity index is 523. The zero-order chi connectivity index (χ0) is 13.0. The predicted molar refractivity (Wildman–Crippen MR) is 67.2 cm³/mol. The number of aromatic amines is 1. The fraction of sp³-hybridized carbons (Fsp3) is 0.231. The van der Waals surface area contributed by atoms with E-state index in [1.807, 2.05) is 6.92 Å². The fourth-order valence-corrected chi connectivity index (χ4v) is 1.72. The molecule has 1 aromatic heterocycles. The lowest BCUT2D eigenvalue weighted by Gasteiger charge is -2.14. The molecular weight excluding hydrogens is 230 g/mol. The van der Waals surface area contributed by atoms with E-state index in [4.69, 9.17) is 0 Å². The molecule has 0 aliphatic heterocycles. The molecule has 1 atom stereocenters. The Hall–Kier alpha value is -2.30. The van der Waals surface area contributed by atoms with Gasteiger partial charge in [-0.15, -0.1) is 0 Å². The average Bonchev–Trinajstić information content (AvgIpc) is 2.89. The third kappa shape index (κ3) is 2.68. The summed E-state index contributed by atoms with van der Waals surface area (Å²) in [6.45, 7) is 1.97. The number of H-pyrrole nitrogens is 1. The Morgan fingerprint density at radius 2 is 2.39 bits per heavy atom. The third-order valence-corrected chi connectivity index (χ3v) is 2.67. The highest BCUT2D eigenvalue weighted by atomic mass is 16.3. The second-order valence-corrected chi connectivity index (χ2v) is 3.96. The van der Waals surface area contributed by atoms with Gasteiger partial charge in [0, 0.05) is 18.0 Å². The molecule has 18 heavy (non-hydrogen) atoms. The smallest absolute Gasteiger partial charge is 0.252 e. The minimum absolute atomic E-state index is 0.0775. The summed E-state index contributed by atoms with van der Waals surface area (Å²) in [5, 5.41) is 12.2. The minimum atomic E-state index is -0.228. The Labute approximate surface area is 105 Å². The van der Waals surface area contributed by atoms with E-state index < -0.39 is 0 Å². The number of aromatic nitrogens is 2. The monoisotopic (exact) mass is 245 g/mol. The van der Waals surface area contributed by atoms with Gasteiger partial charge in [0.05, 0.1) is 6.04 Å². The minimum Gasteiger partial charge on any atom is -0.508 e. The Morgan fingerprint density at radius 1 is 1.56 bits per heavy atom. The van der Waals surface area contributed by atoms with E-state index in [-0.39, 0.29) is 17.7 Å². The van der Waals surface area contributed by atoms with Crippen LogP contribution in [0.1, 0.15) is 35.6 Å². The van der Waals surface area contributed by atoms with E-state index >= 15 is 0 Å². The molecule has 0 fully saturated rings. The number of rotatable bonds is 4. The van der Waals surface area contributed by atoms with Crippen LogP contribution in [0.25, 0.3) is 0 Å². The van der Waals surface area contributed by atoms with Crippen molar-refractivity contribution in [3.8, 4) is 5.75 Å². The Kier molecular flexibility index (Phi) is 3.62. The highest BCUT2D eigenvalue weighted by Crippen LogP contribution is 2.15. The van der Waals surface area contributed by atoms with Crippen molar-refractivity contribution in [1.82, 2.24) is 15.3 Å². The molecule has 1 amide bonds. The molecular formula is C13H15N3O2. The molecule has 1 unspecified atom stereocenters. The highest BCUT2D eigenvalue weighted by molar-refractivity contribution is 5.94. The summed E-state index contributed by atoms with van der Waals surface area (Å²) in [5.74, 6) is 0.578. The lowest BCUT2D eigenvalue weighted by atomic mass is 10.1. The van der Waals surface area contributed by atoms with Crippen LogP contribution in [0.5, 0.6) is 5.75 Å². The van der Waals surface area contributed by atoms with Crippen molar-refractivity contribution in [3.05, 3.63) is 48.0 Å². The number of phenolic OH excluding ortho intramolecular Hbond substituents is 1. The van der Waals surface area contributed by atoms with Crippen LogP contribution in [0, 0.1) is 0 Å². The normalized spacial score (nSPS) is 12.1. The number of nitrogens with one attached hydrogen (secondary N) is 2. The van der Waals surface area contributed by atoms with Gasteiger partial charge in [0.15, 0.2) is 0 Å². The van der Waals surface area contributed by atoms with Gasteiger partial charge in [-0.05, 0) is 24.6 Å².